The number of ether oxygens (including phenoxy) is 1. The molecule has 2 N–H and O–H groups in total. The summed E-state index contributed by atoms with van der Waals surface area (Å²) in [5.74, 6) is 0.737. The summed E-state index contributed by atoms with van der Waals surface area (Å²) in [7, 11) is 0. The molecule has 1 aromatic heterocycles. The monoisotopic (exact) mass is 392 g/mol. The number of unbranched alkanes of at least 4 members (excludes halogenated alkanes) is 1. The van der Waals surface area contributed by atoms with E-state index in [1.165, 1.54) is 12.8 Å². The van der Waals surface area contributed by atoms with Crippen LogP contribution in [0.2, 0.25) is 10.0 Å². The van der Waals surface area contributed by atoms with Gasteiger partial charge in [0.15, 0.2) is 5.43 Å². The van der Waals surface area contributed by atoms with Crippen molar-refractivity contribution in [3.05, 3.63) is 50.6 Å². The Kier molecular flexibility index (Phi) is 6.41. The van der Waals surface area contributed by atoms with Gasteiger partial charge in [0.1, 0.15) is 5.75 Å². The standard InChI is InChI=1S/C20H22Cl2N2O2/c1-2-3-9-23-10-4-11-26-13-5-6-14-17(12-13)24-16-8-7-15(21)19(22)18(16)20(14)25/h5-8,12,23H,2-4,9-11H2,1H3,(H,24,25). The Morgan fingerprint density at radius 2 is 1.88 bits per heavy atom. The van der Waals surface area contributed by atoms with Gasteiger partial charge in [-0.05, 0) is 50.2 Å². The number of rotatable bonds is 8. The summed E-state index contributed by atoms with van der Waals surface area (Å²) in [4.78, 5) is 16.0. The van der Waals surface area contributed by atoms with Gasteiger partial charge in [0.25, 0.3) is 0 Å². The van der Waals surface area contributed by atoms with Crippen molar-refractivity contribution in [1.82, 2.24) is 10.3 Å². The molecule has 0 aliphatic rings. The van der Waals surface area contributed by atoms with Crippen molar-refractivity contribution in [2.75, 3.05) is 19.7 Å². The van der Waals surface area contributed by atoms with Gasteiger partial charge in [0.2, 0.25) is 0 Å². The van der Waals surface area contributed by atoms with Crippen molar-refractivity contribution in [2.24, 2.45) is 0 Å². The van der Waals surface area contributed by atoms with Crippen LogP contribution in [0.5, 0.6) is 5.75 Å². The average molecular weight is 393 g/mol. The van der Waals surface area contributed by atoms with Crippen molar-refractivity contribution < 1.29 is 4.74 Å². The van der Waals surface area contributed by atoms with Crippen LogP contribution in [0.3, 0.4) is 0 Å². The van der Waals surface area contributed by atoms with Crippen LogP contribution in [0, 0.1) is 0 Å². The Bertz CT molecular complexity index is 969. The first-order valence-electron chi connectivity index (χ1n) is 8.89. The smallest absolute Gasteiger partial charge is 0.198 e. The predicted molar refractivity (Wildman–Crippen MR) is 110 cm³/mol. The number of aromatic nitrogens is 1. The highest BCUT2D eigenvalue weighted by atomic mass is 35.5. The van der Waals surface area contributed by atoms with Gasteiger partial charge in [-0.25, -0.2) is 0 Å². The third-order valence-electron chi connectivity index (χ3n) is 4.30. The molecule has 0 unspecified atom stereocenters. The van der Waals surface area contributed by atoms with Gasteiger partial charge in [0, 0.05) is 11.5 Å². The lowest BCUT2D eigenvalue weighted by Crippen LogP contribution is -2.18. The van der Waals surface area contributed by atoms with Gasteiger partial charge in [0.05, 0.1) is 33.1 Å². The van der Waals surface area contributed by atoms with E-state index in [-0.39, 0.29) is 10.5 Å². The first-order chi connectivity index (χ1) is 12.6. The lowest BCUT2D eigenvalue weighted by atomic mass is 10.1. The second-order valence-corrected chi connectivity index (χ2v) is 7.04. The molecule has 4 nitrogen and oxygen atoms in total. The molecule has 138 valence electrons. The summed E-state index contributed by atoms with van der Waals surface area (Å²) in [6.45, 7) is 4.80. The number of pyridine rings is 1. The summed E-state index contributed by atoms with van der Waals surface area (Å²) in [5, 5.41) is 5.02. The van der Waals surface area contributed by atoms with E-state index < -0.39 is 0 Å². The molecule has 0 spiro atoms. The van der Waals surface area contributed by atoms with Crippen LogP contribution in [0.25, 0.3) is 21.8 Å². The van der Waals surface area contributed by atoms with Crippen molar-refractivity contribution in [1.29, 1.82) is 0 Å². The lowest BCUT2D eigenvalue weighted by Gasteiger charge is -2.09. The number of nitrogens with one attached hydrogen (secondary N) is 2. The SMILES string of the molecule is CCCCNCCCOc1ccc2c(=O)c3c(Cl)c(Cl)ccc3[nH]c2c1. The van der Waals surface area contributed by atoms with Crippen LogP contribution in [-0.2, 0) is 0 Å². The Labute approximate surface area is 162 Å². The molecule has 26 heavy (non-hydrogen) atoms. The quantitative estimate of drug-likeness (QED) is 0.411. The molecule has 1 heterocycles. The maximum Gasteiger partial charge on any atom is 0.198 e. The predicted octanol–water partition coefficient (Wildman–Crippen LogP) is 5.15. The molecule has 2 aromatic carbocycles. The maximum atomic E-state index is 12.7. The minimum Gasteiger partial charge on any atom is -0.493 e. The second kappa shape index (κ2) is 8.76. The van der Waals surface area contributed by atoms with Gasteiger partial charge < -0.3 is 15.0 Å². The normalized spacial score (nSPS) is 11.3. The number of hydrogen-bond donors (Lipinski definition) is 2. The highest BCUT2D eigenvalue weighted by molar-refractivity contribution is 6.45. The zero-order valence-electron chi connectivity index (χ0n) is 14.7. The van der Waals surface area contributed by atoms with E-state index >= 15 is 0 Å². The number of fused-ring (bicyclic) bond motifs is 2. The number of hydrogen-bond acceptors (Lipinski definition) is 3. The Morgan fingerprint density at radius 1 is 1.08 bits per heavy atom. The van der Waals surface area contributed by atoms with E-state index in [0.717, 1.165) is 30.8 Å². The van der Waals surface area contributed by atoms with Crippen LogP contribution < -0.4 is 15.5 Å². The second-order valence-electron chi connectivity index (χ2n) is 6.25. The summed E-state index contributed by atoms with van der Waals surface area (Å²) < 4.78 is 5.81. The average Bonchev–Trinajstić information content (AvgIpc) is 2.64. The van der Waals surface area contributed by atoms with Crippen LogP contribution in [0.1, 0.15) is 26.2 Å². The molecular weight excluding hydrogens is 371 g/mol. The first kappa shape index (κ1) is 19.0. The molecular formula is C20H22Cl2N2O2. The highest BCUT2D eigenvalue weighted by Crippen LogP contribution is 2.29. The molecule has 0 amide bonds. The molecule has 0 saturated heterocycles. The van der Waals surface area contributed by atoms with E-state index in [9.17, 15) is 4.79 Å². The molecule has 0 aliphatic carbocycles. The lowest BCUT2D eigenvalue weighted by molar-refractivity contribution is 0.308. The van der Waals surface area contributed by atoms with Gasteiger partial charge in [-0.15, -0.1) is 0 Å². The van der Waals surface area contributed by atoms with E-state index in [0.29, 0.717) is 27.9 Å². The maximum absolute atomic E-state index is 12.7. The van der Waals surface area contributed by atoms with E-state index in [4.69, 9.17) is 27.9 Å². The molecule has 0 aliphatic heterocycles. The summed E-state index contributed by atoms with van der Waals surface area (Å²) in [6, 6.07) is 8.87. The van der Waals surface area contributed by atoms with Crippen molar-refractivity contribution in [3.63, 3.8) is 0 Å². The number of halogens is 2. The minimum absolute atomic E-state index is 0.132. The molecule has 3 aromatic rings. The van der Waals surface area contributed by atoms with Crippen LogP contribution in [-0.4, -0.2) is 24.7 Å². The van der Waals surface area contributed by atoms with Gasteiger partial charge >= 0.3 is 0 Å². The molecule has 3 rings (SSSR count). The van der Waals surface area contributed by atoms with E-state index in [1.54, 1.807) is 18.2 Å². The zero-order valence-corrected chi connectivity index (χ0v) is 16.2. The van der Waals surface area contributed by atoms with Crippen LogP contribution in [0.15, 0.2) is 35.1 Å². The van der Waals surface area contributed by atoms with Gasteiger partial charge in [-0.1, -0.05) is 36.5 Å². The highest BCUT2D eigenvalue weighted by Gasteiger charge is 2.12. The number of aromatic amines is 1. The van der Waals surface area contributed by atoms with E-state index in [1.807, 2.05) is 12.1 Å². The van der Waals surface area contributed by atoms with Crippen LogP contribution in [0.4, 0.5) is 0 Å². The third kappa shape index (κ3) is 4.14. The molecule has 0 radical (unpaired) electrons. The topological polar surface area (TPSA) is 54.1 Å². The molecule has 0 fully saturated rings. The first-order valence-corrected chi connectivity index (χ1v) is 9.64. The Morgan fingerprint density at radius 3 is 2.69 bits per heavy atom. The molecule has 0 bridgehead atoms. The minimum atomic E-state index is -0.132. The fraction of sp³-hybridized carbons (Fsp3) is 0.350. The van der Waals surface area contributed by atoms with Crippen molar-refractivity contribution in [3.8, 4) is 5.75 Å². The summed E-state index contributed by atoms with van der Waals surface area (Å²) in [6.07, 6.45) is 3.33. The van der Waals surface area contributed by atoms with Gasteiger partial charge in [-0.3, -0.25) is 4.79 Å². The summed E-state index contributed by atoms with van der Waals surface area (Å²) in [5.41, 5.74) is 1.25. The molecule has 0 atom stereocenters. The third-order valence-corrected chi connectivity index (χ3v) is 5.10. The van der Waals surface area contributed by atoms with Crippen LogP contribution >= 0.6 is 23.2 Å². The largest absolute Gasteiger partial charge is 0.493 e. The van der Waals surface area contributed by atoms with Crippen molar-refractivity contribution >= 4 is 45.0 Å². The van der Waals surface area contributed by atoms with Crippen molar-refractivity contribution in [2.45, 2.75) is 26.2 Å². The fourth-order valence-electron chi connectivity index (χ4n) is 2.89. The zero-order chi connectivity index (χ0) is 18.5. The van der Waals surface area contributed by atoms with E-state index in [2.05, 4.69) is 17.2 Å². The number of H-pyrrole nitrogens is 1. The van der Waals surface area contributed by atoms with Gasteiger partial charge in [-0.2, -0.15) is 0 Å². The number of benzene rings is 2. The molecule has 0 saturated carbocycles. The Balaban J connectivity index is 1.76. The fourth-order valence-corrected chi connectivity index (χ4v) is 3.29. The Hall–Kier alpha value is -1.75. The summed E-state index contributed by atoms with van der Waals surface area (Å²) >= 11 is 12.2. The molecule has 6 heteroatoms.